The van der Waals surface area contributed by atoms with E-state index in [1.807, 2.05) is 12.1 Å². The number of morpholine rings is 1. The molecule has 0 aliphatic carbocycles. The zero-order chi connectivity index (χ0) is 14.4. The summed E-state index contributed by atoms with van der Waals surface area (Å²) in [5.74, 6) is 0.828. The van der Waals surface area contributed by atoms with Gasteiger partial charge in [-0.2, -0.15) is 0 Å². The largest absolute Gasteiger partial charge is 0.493 e. The van der Waals surface area contributed by atoms with Gasteiger partial charge in [0.05, 0.1) is 13.2 Å². The molecule has 1 fully saturated rings. The highest BCUT2D eigenvalue weighted by Crippen LogP contribution is 2.11. The second-order valence-corrected chi connectivity index (χ2v) is 5.55. The van der Waals surface area contributed by atoms with E-state index in [2.05, 4.69) is 13.8 Å². The maximum atomic E-state index is 10.6. The van der Waals surface area contributed by atoms with Gasteiger partial charge in [-0.25, -0.2) is 0 Å². The summed E-state index contributed by atoms with van der Waals surface area (Å²) in [6, 6.07) is 7.24. The SMILES string of the molecule is C[C@H]1C[NH+](CCCOc2ccc(C=O)cc2)C[C@H](C)O1. The van der Waals surface area contributed by atoms with Gasteiger partial charge in [-0.3, -0.25) is 4.79 Å². The van der Waals surface area contributed by atoms with Gasteiger partial charge in [-0.05, 0) is 38.1 Å². The zero-order valence-corrected chi connectivity index (χ0v) is 12.3. The number of benzene rings is 1. The van der Waals surface area contributed by atoms with Crippen LogP contribution < -0.4 is 9.64 Å². The molecule has 0 radical (unpaired) electrons. The molecule has 1 aromatic carbocycles. The van der Waals surface area contributed by atoms with Crippen molar-refractivity contribution < 1.29 is 19.2 Å². The number of carbonyl (C=O) groups is 1. The van der Waals surface area contributed by atoms with Crippen molar-refractivity contribution in [2.75, 3.05) is 26.2 Å². The summed E-state index contributed by atoms with van der Waals surface area (Å²) in [5, 5.41) is 0. The van der Waals surface area contributed by atoms with Crippen molar-refractivity contribution in [1.29, 1.82) is 0 Å². The third-order valence-corrected chi connectivity index (χ3v) is 3.58. The standard InChI is InChI=1S/C16H23NO3/c1-13-10-17(11-14(2)20-13)8-3-9-19-16-6-4-15(12-18)5-7-16/h4-7,12-14H,3,8-11H2,1-2H3/p+1/t13-,14-/m0/s1. The van der Waals surface area contributed by atoms with Crippen molar-refractivity contribution in [3.63, 3.8) is 0 Å². The van der Waals surface area contributed by atoms with Gasteiger partial charge < -0.3 is 14.4 Å². The minimum absolute atomic E-state index is 0.352. The van der Waals surface area contributed by atoms with Crippen molar-refractivity contribution in [2.24, 2.45) is 0 Å². The van der Waals surface area contributed by atoms with E-state index in [0.29, 0.717) is 24.4 Å². The number of hydrogen-bond donors (Lipinski definition) is 1. The minimum Gasteiger partial charge on any atom is -0.493 e. The smallest absolute Gasteiger partial charge is 0.150 e. The highest BCUT2D eigenvalue weighted by molar-refractivity contribution is 5.74. The lowest BCUT2D eigenvalue weighted by molar-refractivity contribution is -0.915. The predicted octanol–water partition coefficient (Wildman–Crippen LogP) is 0.960. The molecule has 0 bridgehead atoms. The van der Waals surface area contributed by atoms with Crippen molar-refractivity contribution in [3.8, 4) is 5.75 Å². The first kappa shape index (κ1) is 15.0. The van der Waals surface area contributed by atoms with Crippen LogP contribution in [0.2, 0.25) is 0 Å². The molecule has 0 saturated carbocycles. The van der Waals surface area contributed by atoms with E-state index in [0.717, 1.165) is 38.1 Å². The topological polar surface area (TPSA) is 40.0 Å². The lowest BCUT2D eigenvalue weighted by atomic mass is 10.2. The monoisotopic (exact) mass is 278 g/mol. The van der Waals surface area contributed by atoms with Gasteiger partial charge in [0.1, 0.15) is 37.3 Å². The lowest BCUT2D eigenvalue weighted by Gasteiger charge is -2.32. The zero-order valence-electron chi connectivity index (χ0n) is 12.3. The molecule has 20 heavy (non-hydrogen) atoms. The highest BCUT2D eigenvalue weighted by atomic mass is 16.5. The Morgan fingerprint density at radius 1 is 1.25 bits per heavy atom. The van der Waals surface area contributed by atoms with Gasteiger partial charge in [-0.15, -0.1) is 0 Å². The maximum Gasteiger partial charge on any atom is 0.150 e. The van der Waals surface area contributed by atoms with E-state index in [-0.39, 0.29) is 0 Å². The molecule has 4 heteroatoms. The predicted molar refractivity (Wildman–Crippen MR) is 77.5 cm³/mol. The molecule has 0 spiro atoms. The molecule has 1 saturated heterocycles. The Hall–Kier alpha value is -1.39. The van der Waals surface area contributed by atoms with Crippen molar-refractivity contribution in [1.82, 2.24) is 0 Å². The van der Waals surface area contributed by atoms with E-state index < -0.39 is 0 Å². The summed E-state index contributed by atoms with van der Waals surface area (Å²) >= 11 is 0. The van der Waals surface area contributed by atoms with Crippen LogP contribution in [0, 0.1) is 0 Å². The number of aldehydes is 1. The summed E-state index contributed by atoms with van der Waals surface area (Å²) in [7, 11) is 0. The molecule has 0 aromatic heterocycles. The molecular weight excluding hydrogens is 254 g/mol. The normalized spacial score (nSPS) is 26.2. The second-order valence-electron chi connectivity index (χ2n) is 5.55. The molecule has 1 N–H and O–H groups in total. The third kappa shape index (κ3) is 4.62. The molecule has 1 aliphatic heterocycles. The molecule has 1 aromatic rings. The molecular formula is C16H24NO3+. The lowest BCUT2D eigenvalue weighted by Crippen LogP contribution is -3.15. The van der Waals surface area contributed by atoms with Crippen LogP contribution in [0.25, 0.3) is 0 Å². The number of hydrogen-bond acceptors (Lipinski definition) is 3. The minimum atomic E-state index is 0.352. The summed E-state index contributed by atoms with van der Waals surface area (Å²) in [4.78, 5) is 12.1. The van der Waals surface area contributed by atoms with Gasteiger partial charge in [0.2, 0.25) is 0 Å². The van der Waals surface area contributed by atoms with Gasteiger partial charge >= 0.3 is 0 Å². The average molecular weight is 278 g/mol. The summed E-state index contributed by atoms with van der Waals surface area (Å²) < 4.78 is 11.4. The fourth-order valence-corrected chi connectivity index (χ4v) is 2.75. The summed E-state index contributed by atoms with van der Waals surface area (Å²) in [5.41, 5.74) is 0.679. The van der Waals surface area contributed by atoms with Crippen LogP contribution in [0.4, 0.5) is 0 Å². The molecule has 110 valence electrons. The van der Waals surface area contributed by atoms with Crippen LogP contribution in [0.1, 0.15) is 30.6 Å². The van der Waals surface area contributed by atoms with Gasteiger partial charge in [0, 0.05) is 12.0 Å². The number of nitrogens with one attached hydrogen (secondary N) is 1. The summed E-state index contributed by atoms with van der Waals surface area (Å²) in [6.45, 7) is 8.27. The van der Waals surface area contributed by atoms with E-state index in [9.17, 15) is 4.79 Å². The Morgan fingerprint density at radius 3 is 2.50 bits per heavy atom. The highest BCUT2D eigenvalue weighted by Gasteiger charge is 2.24. The molecule has 0 unspecified atom stereocenters. The van der Waals surface area contributed by atoms with Crippen LogP contribution in [0.5, 0.6) is 5.75 Å². The van der Waals surface area contributed by atoms with Crippen LogP contribution >= 0.6 is 0 Å². The molecule has 4 nitrogen and oxygen atoms in total. The van der Waals surface area contributed by atoms with Crippen molar-refractivity contribution in [2.45, 2.75) is 32.5 Å². The molecule has 1 heterocycles. The fraction of sp³-hybridized carbons (Fsp3) is 0.562. The quantitative estimate of drug-likeness (QED) is 0.622. The second kappa shape index (κ2) is 7.41. The van der Waals surface area contributed by atoms with Gasteiger partial charge in [-0.1, -0.05) is 0 Å². The van der Waals surface area contributed by atoms with Crippen molar-refractivity contribution >= 4 is 6.29 Å². The Morgan fingerprint density at radius 2 is 1.90 bits per heavy atom. The van der Waals surface area contributed by atoms with Crippen LogP contribution in [-0.2, 0) is 4.74 Å². The maximum absolute atomic E-state index is 10.6. The van der Waals surface area contributed by atoms with Crippen molar-refractivity contribution in [3.05, 3.63) is 29.8 Å². The molecule has 2 rings (SSSR count). The fourth-order valence-electron chi connectivity index (χ4n) is 2.75. The van der Waals surface area contributed by atoms with Gasteiger partial charge in [0.15, 0.2) is 0 Å². The van der Waals surface area contributed by atoms with Crippen LogP contribution in [-0.4, -0.2) is 44.7 Å². The third-order valence-electron chi connectivity index (χ3n) is 3.58. The van der Waals surface area contributed by atoms with E-state index in [1.165, 1.54) is 0 Å². The first-order chi connectivity index (χ1) is 9.67. The Bertz CT molecular complexity index is 408. The number of carbonyl (C=O) groups excluding carboxylic acids is 1. The number of ether oxygens (including phenoxy) is 2. The molecule has 2 atom stereocenters. The Balaban J connectivity index is 1.66. The molecule has 0 amide bonds. The first-order valence-corrected chi connectivity index (χ1v) is 7.34. The summed E-state index contributed by atoms with van der Waals surface area (Å²) in [6.07, 6.45) is 2.58. The molecule has 1 aliphatic rings. The van der Waals surface area contributed by atoms with Crippen LogP contribution in [0.15, 0.2) is 24.3 Å². The Kier molecular flexibility index (Phi) is 5.56. The number of rotatable bonds is 6. The first-order valence-electron chi connectivity index (χ1n) is 7.34. The average Bonchev–Trinajstić information content (AvgIpc) is 2.43. The Labute approximate surface area is 120 Å². The van der Waals surface area contributed by atoms with E-state index >= 15 is 0 Å². The number of quaternary nitrogens is 1. The van der Waals surface area contributed by atoms with Gasteiger partial charge in [0.25, 0.3) is 0 Å². The van der Waals surface area contributed by atoms with E-state index in [1.54, 1.807) is 17.0 Å². The van der Waals surface area contributed by atoms with Crippen LogP contribution in [0.3, 0.4) is 0 Å². The van der Waals surface area contributed by atoms with E-state index in [4.69, 9.17) is 9.47 Å².